The molecule has 0 bridgehead atoms. The van der Waals surface area contributed by atoms with Gasteiger partial charge in [-0.1, -0.05) is 12.1 Å². The number of nitrogens with zero attached hydrogens (tertiary/aromatic N) is 3. The van der Waals surface area contributed by atoms with Crippen molar-refractivity contribution in [2.45, 2.75) is 12.1 Å². The minimum absolute atomic E-state index is 0.210. The number of aromatic carboxylic acids is 1. The van der Waals surface area contributed by atoms with Crippen LogP contribution in [0, 0.1) is 0 Å². The molecule has 1 aliphatic heterocycles. The van der Waals surface area contributed by atoms with Crippen LogP contribution in [-0.2, 0) is 0 Å². The molecule has 2 aromatic carbocycles. The van der Waals surface area contributed by atoms with Crippen molar-refractivity contribution in [3.8, 4) is 17.2 Å². The van der Waals surface area contributed by atoms with E-state index in [1.54, 1.807) is 38.6 Å². The number of pyridine rings is 1. The molecule has 1 saturated heterocycles. The molecule has 1 aliphatic rings. The van der Waals surface area contributed by atoms with Crippen molar-refractivity contribution in [3.05, 3.63) is 102 Å². The Bertz CT molecular complexity index is 1420. The summed E-state index contributed by atoms with van der Waals surface area (Å²) in [5, 5.41) is 13.5. The van der Waals surface area contributed by atoms with Gasteiger partial charge in [0.25, 0.3) is 0 Å². The number of carboxylic acids is 1. The van der Waals surface area contributed by atoms with E-state index in [4.69, 9.17) is 21.7 Å². The van der Waals surface area contributed by atoms with E-state index in [2.05, 4.69) is 10.3 Å². The molecule has 2 N–H and O–H groups in total. The van der Waals surface area contributed by atoms with Crippen molar-refractivity contribution in [1.29, 1.82) is 0 Å². The highest BCUT2D eigenvalue weighted by Crippen LogP contribution is 2.45. The van der Waals surface area contributed by atoms with Crippen molar-refractivity contribution in [2.24, 2.45) is 0 Å². The number of nitrogens with one attached hydrogen (secondary N) is 1. The van der Waals surface area contributed by atoms with Gasteiger partial charge in [0, 0.05) is 29.8 Å². The Hall–Kier alpha value is -4.37. The van der Waals surface area contributed by atoms with Crippen LogP contribution in [0.25, 0.3) is 5.69 Å². The van der Waals surface area contributed by atoms with E-state index < -0.39 is 5.97 Å². The van der Waals surface area contributed by atoms with E-state index in [9.17, 15) is 9.90 Å². The SMILES string of the molecule is COc1ccc(N2C(=S)N[C@H](c3ccccn3)[C@H]2c2cccn2-c2cccc(C(=O)O)c2)c(OC)c1. The Balaban J connectivity index is 1.69. The summed E-state index contributed by atoms with van der Waals surface area (Å²) in [5.41, 5.74) is 3.44. The Morgan fingerprint density at radius 1 is 1.03 bits per heavy atom. The third kappa shape index (κ3) is 4.14. The summed E-state index contributed by atoms with van der Waals surface area (Å²) < 4.78 is 13.1. The molecule has 2 aromatic heterocycles. The number of anilines is 1. The maximum Gasteiger partial charge on any atom is 0.335 e. The maximum atomic E-state index is 11.6. The Labute approximate surface area is 213 Å². The van der Waals surface area contributed by atoms with Crippen molar-refractivity contribution in [1.82, 2.24) is 14.9 Å². The van der Waals surface area contributed by atoms with Crippen LogP contribution in [0.5, 0.6) is 11.5 Å². The Morgan fingerprint density at radius 3 is 2.61 bits per heavy atom. The smallest absolute Gasteiger partial charge is 0.335 e. The predicted molar refractivity (Wildman–Crippen MR) is 140 cm³/mol. The van der Waals surface area contributed by atoms with Crippen LogP contribution in [-0.4, -0.2) is 40.0 Å². The fourth-order valence-corrected chi connectivity index (χ4v) is 4.90. The van der Waals surface area contributed by atoms with Crippen LogP contribution in [0.4, 0.5) is 5.69 Å². The number of rotatable bonds is 7. The summed E-state index contributed by atoms with van der Waals surface area (Å²) >= 11 is 5.85. The lowest BCUT2D eigenvalue weighted by atomic mass is 10.0. The average Bonchev–Trinajstić information content (AvgIpc) is 3.53. The highest BCUT2D eigenvalue weighted by atomic mass is 32.1. The van der Waals surface area contributed by atoms with E-state index in [-0.39, 0.29) is 17.6 Å². The zero-order valence-corrected chi connectivity index (χ0v) is 20.5. The normalized spacial score (nSPS) is 17.1. The van der Waals surface area contributed by atoms with E-state index in [0.717, 1.165) is 22.8 Å². The summed E-state index contributed by atoms with van der Waals surface area (Å²) in [7, 11) is 3.21. The molecule has 2 atom stereocenters. The summed E-state index contributed by atoms with van der Waals surface area (Å²) in [6.45, 7) is 0. The fourth-order valence-electron chi connectivity index (χ4n) is 4.56. The predicted octanol–water partition coefficient (Wildman–Crippen LogP) is 4.76. The van der Waals surface area contributed by atoms with Gasteiger partial charge in [0.15, 0.2) is 5.11 Å². The second kappa shape index (κ2) is 9.71. The van der Waals surface area contributed by atoms with Gasteiger partial charge in [-0.15, -0.1) is 0 Å². The minimum atomic E-state index is -0.981. The second-order valence-corrected chi connectivity index (χ2v) is 8.58. The Morgan fingerprint density at radius 2 is 1.89 bits per heavy atom. The Kier molecular flexibility index (Phi) is 6.30. The number of carbonyl (C=O) groups is 1. The van der Waals surface area contributed by atoms with Crippen LogP contribution < -0.4 is 19.7 Å². The van der Waals surface area contributed by atoms with Crippen molar-refractivity contribution in [2.75, 3.05) is 19.1 Å². The first-order valence-electron chi connectivity index (χ1n) is 11.3. The van der Waals surface area contributed by atoms with Crippen molar-refractivity contribution < 1.29 is 19.4 Å². The molecular formula is C27H24N4O4S. The molecule has 9 heteroatoms. The molecule has 0 spiro atoms. The topological polar surface area (TPSA) is 88.9 Å². The van der Waals surface area contributed by atoms with Gasteiger partial charge in [0.1, 0.15) is 17.5 Å². The summed E-state index contributed by atoms with van der Waals surface area (Å²) in [5.74, 6) is 0.293. The number of methoxy groups -OCH3 is 2. The van der Waals surface area contributed by atoms with E-state index in [1.165, 1.54) is 0 Å². The van der Waals surface area contributed by atoms with Gasteiger partial charge in [-0.05, 0) is 66.8 Å². The standard InChI is InChI=1S/C27H24N4O4S/c1-34-19-11-12-21(23(16-19)35-2)31-25(24(29-27(31)36)20-9-3-4-13-28-20)22-10-6-14-30(22)18-8-5-7-17(15-18)26(32)33/h3-16,24-25H,1-2H3,(H,29,36)(H,32,33)/t24-,25-/m1/s1. The van der Waals surface area contributed by atoms with Crippen LogP contribution in [0.2, 0.25) is 0 Å². The third-order valence-corrected chi connectivity index (χ3v) is 6.51. The number of thiocarbonyl (C=S) groups is 1. The molecule has 0 aliphatic carbocycles. The first-order valence-corrected chi connectivity index (χ1v) is 11.7. The molecule has 4 aromatic rings. The molecule has 0 amide bonds. The third-order valence-electron chi connectivity index (χ3n) is 6.20. The fraction of sp³-hybridized carbons (Fsp3) is 0.148. The average molecular weight is 501 g/mol. The molecule has 182 valence electrons. The second-order valence-electron chi connectivity index (χ2n) is 8.19. The zero-order chi connectivity index (χ0) is 25.2. The summed E-state index contributed by atoms with van der Waals surface area (Å²) in [4.78, 5) is 18.2. The van der Waals surface area contributed by atoms with E-state index in [0.29, 0.717) is 16.6 Å². The van der Waals surface area contributed by atoms with Gasteiger partial charge < -0.3 is 29.4 Å². The number of carboxylic acid groups (broad SMARTS) is 1. The molecule has 1 fully saturated rings. The molecule has 36 heavy (non-hydrogen) atoms. The molecule has 3 heterocycles. The lowest BCUT2D eigenvalue weighted by molar-refractivity contribution is 0.0697. The van der Waals surface area contributed by atoms with E-state index in [1.807, 2.05) is 70.3 Å². The largest absolute Gasteiger partial charge is 0.497 e. The van der Waals surface area contributed by atoms with E-state index >= 15 is 0 Å². The quantitative estimate of drug-likeness (QED) is 0.351. The zero-order valence-electron chi connectivity index (χ0n) is 19.7. The van der Waals surface area contributed by atoms with Gasteiger partial charge in [-0.3, -0.25) is 4.98 Å². The minimum Gasteiger partial charge on any atom is -0.497 e. The molecule has 0 saturated carbocycles. The lowest BCUT2D eigenvalue weighted by Gasteiger charge is -2.30. The van der Waals surface area contributed by atoms with Gasteiger partial charge in [0.05, 0.1) is 37.2 Å². The molecule has 0 radical (unpaired) electrons. The van der Waals surface area contributed by atoms with Crippen LogP contribution in [0.3, 0.4) is 0 Å². The van der Waals surface area contributed by atoms with Crippen molar-refractivity contribution >= 4 is 29.0 Å². The van der Waals surface area contributed by atoms with Gasteiger partial charge in [0.2, 0.25) is 0 Å². The first kappa shape index (κ1) is 23.4. The summed E-state index contributed by atoms with van der Waals surface area (Å²) in [6, 6.07) is 21.6. The lowest BCUT2D eigenvalue weighted by Crippen LogP contribution is -2.30. The van der Waals surface area contributed by atoms with Crippen LogP contribution in [0.1, 0.15) is 33.8 Å². The van der Waals surface area contributed by atoms with Crippen LogP contribution >= 0.6 is 12.2 Å². The molecule has 8 nitrogen and oxygen atoms in total. The van der Waals surface area contributed by atoms with Gasteiger partial charge in [-0.2, -0.15) is 0 Å². The van der Waals surface area contributed by atoms with Crippen LogP contribution in [0.15, 0.2) is 85.2 Å². The number of hydrogen-bond acceptors (Lipinski definition) is 5. The summed E-state index contributed by atoms with van der Waals surface area (Å²) in [6.07, 6.45) is 3.67. The molecule has 0 unspecified atom stereocenters. The molecular weight excluding hydrogens is 476 g/mol. The maximum absolute atomic E-state index is 11.6. The number of ether oxygens (including phenoxy) is 2. The number of hydrogen-bond donors (Lipinski definition) is 2. The van der Waals surface area contributed by atoms with Crippen molar-refractivity contribution in [3.63, 3.8) is 0 Å². The highest BCUT2D eigenvalue weighted by molar-refractivity contribution is 7.80. The van der Waals surface area contributed by atoms with Gasteiger partial charge in [-0.25, -0.2) is 4.79 Å². The molecule has 5 rings (SSSR count). The number of aromatic nitrogens is 2. The number of benzene rings is 2. The first-order chi connectivity index (χ1) is 17.5. The van der Waals surface area contributed by atoms with Gasteiger partial charge >= 0.3 is 5.97 Å². The monoisotopic (exact) mass is 500 g/mol. The highest BCUT2D eigenvalue weighted by Gasteiger charge is 2.43.